The minimum atomic E-state index is -0.778. The fraction of sp³-hybridized carbons (Fsp3) is 0.867. The van der Waals surface area contributed by atoms with Gasteiger partial charge in [0.1, 0.15) is 0 Å². The third kappa shape index (κ3) is 4.22. The van der Waals surface area contributed by atoms with Crippen molar-refractivity contribution in [3.8, 4) is 0 Å². The molecule has 0 saturated carbocycles. The van der Waals surface area contributed by atoms with Gasteiger partial charge in [-0.2, -0.15) is 0 Å². The van der Waals surface area contributed by atoms with Gasteiger partial charge in [-0.15, -0.1) is 0 Å². The second-order valence-corrected chi connectivity index (χ2v) is 6.26. The Bertz CT molecular complexity index is 327. The Kier molecular flexibility index (Phi) is 5.83. The summed E-state index contributed by atoms with van der Waals surface area (Å²) in [6.07, 6.45) is 3.59. The van der Waals surface area contributed by atoms with E-state index in [0.717, 1.165) is 19.3 Å². The van der Waals surface area contributed by atoms with Crippen LogP contribution in [0.3, 0.4) is 0 Å². The highest BCUT2D eigenvalue weighted by atomic mass is 16.4. The maximum Gasteiger partial charge on any atom is 0.308 e. The zero-order valence-corrected chi connectivity index (χ0v) is 12.6. The number of nitrogens with zero attached hydrogens (tertiary/aromatic N) is 1. The zero-order valence-electron chi connectivity index (χ0n) is 12.6. The third-order valence-electron chi connectivity index (χ3n) is 4.16. The first-order valence-electron chi connectivity index (χ1n) is 7.36. The predicted molar refractivity (Wildman–Crippen MR) is 74.8 cm³/mol. The molecule has 3 unspecified atom stereocenters. The van der Waals surface area contributed by atoms with E-state index in [1.165, 1.54) is 0 Å². The van der Waals surface area contributed by atoms with Crippen molar-refractivity contribution in [2.75, 3.05) is 6.54 Å². The topological polar surface area (TPSA) is 57.6 Å². The van der Waals surface area contributed by atoms with Gasteiger partial charge in [0.15, 0.2) is 0 Å². The van der Waals surface area contributed by atoms with Crippen molar-refractivity contribution in [2.45, 2.75) is 59.4 Å². The first-order valence-corrected chi connectivity index (χ1v) is 7.36. The number of rotatable bonds is 6. The van der Waals surface area contributed by atoms with Crippen LogP contribution in [-0.2, 0) is 9.59 Å². The lowest BCUT2D eigenvalue weighted by Gasteiger charge is -2.40. The summed E-state index contributed by atoms with van der Waals surface area (Å²) < 4.78 is 0. The molecule has 1 fully saturated rings. The Morgan fingerprint density at radius 3 is 2.53 bits per heavy atom. The van der Waals surface area contributed by atoms with Crippen LogP contribution in [0.5, 0.6) is 0 Å². The van der Waals surface area contributed by atoms with E-state index in [-0.39, 0.29) is 17.9 Å². The van der Waals surface area contributed by atoms with E-state index in [9.17, 15) is 14.7 Å². The number of carboxylic acid groups (broad SMARTS) is 1. The van der Waals surface area contributed by atoms with Crippen molar-refractivity contribution >= 4 is 11.9 Å². The maximum absolute atomic E-state index is 12.0. The maximum atomic E-state index is 12.0. The van der Waals surface area contributed by atoms with Gasteiger partial charge in [-0.25, -0.2) is 0 Å². The molecule has 1 heterocycles. The van der Waals surface area contributed by atoms with Crippen molar-refractivity contribution < 1.29 is 14.7 Å². The van der Waals surface area contributed by atoms with Gasteiger partial charge in [-0.3, -0.25) is 9.59 Å². The molecule has 0 aliphatic carbocycles. The van der Waals surface area contributed by atoms with Crippen LogP contribution in [0.15, 0.2) is 0 Å². The monoisotopic (exact) mass is 269 g/mol. The van der Waals surface area contributed by atoms with E-state index >= 15 is 0 Å². The van der Waals surface area contributed by atoms with E-state index in [2.05, 4.69) is 13.8 Å². The van der Waals surface area contributed by atoms with Crippen LogP contribution in [-0.4, -0.2) is 34.5 Å². The normalized spacial score (nSPS) is 27.9. The molecule has 110 valence electrons. The molecule has 0 spiro atoms. The largest absolute Gasteiger partial charge is 0.481 e. The lowest BCUT2D eigenvalue weighted by molar-refractivity contribution is -0.154. The average Bonchev–Trinajstić information content (AvgIpc) is 2.26. The molecule has 1 amide bonds. The van der Waals surface area contributed by atoms with Crippen LogP contribution in [0.2, 0.25) is 0 Å². The van der Waals surface area contributed by atoms with Crippen molar-refractivity contribution in [3.05, 3.63) is 0 Å². The highest BCUT2D eigenvalue weighted by Crippen LogP contribution is 2.30. The molecule has 4 nitrogen and oxygen atoms in total. The summed E-state index contributed by atoms with van der Waals surface area (Å²) in [6, 6.07) is -0.187. The Labute approximate surface area is 116 Å². The molecule has 1 rings (SSSR count). The van der Waals surface area contributed by atoms with Gasteiger partial charge in [-0.05, 0) is 25.2 Å². The minimum absolute atomic E-state index is 0.0630. The number of hydrogen-bond acceptors (Lipinski definition) is 2. The third-order valence-corrected chi connectivity index (χ3v) is 4.16. The quantitative estimate of drug-likeness (QED) is 0.754. The van der Waals surface area contributed by atoms with Gasteiger partial charge in [-0.1, -0.05) is 33.6 Å². The Hall–Kier alpha value is -1.06. The highest BCUT2D eigenvalue weighted by molar-refractivity contribution is 5.81. The summed E-state index contributed by atoms with van der Waals surface area (Å²) in [7, 11) is 0. The van der Waals surface area contributed by atoms with Crippen LogP contribution in [0.1, 0.15) is 53.4 Å². The molecule has 0 bridgehead atoms. The SMILES string of the molecule is CC(C)CCCCN1C(=O)CC(C)C(C(=O)O)C1C. The van der Waals surface area contributed by atoms with Crippen molar-refractivity contribution in [1.29, 1.82) is 0 Å². The average molecular weight is 269 g/mol. The fourth-order valence-corrected chi connectivity index (χ4v) is 3.03. The van der Waals surface area contributed by atoms with Crippen LogP contribution in [0, 0.1) is 17.8 Å². The standard InChI is InChI=1S/C15H27NO3/c1-10(2)7-5-6-8-16-12(4)14(15(18)19)11(3)9-13(16)17/h10-12,14H,5-9H2,1-4H3,(H,18,19). The van der Waals surface area contributed by atoms with Gasteiger partial charge in [0.25, 0.3) is 0 Å². The van der Waals surface area contributed by atoms with Crippen LogP contribution >= 0.6 is 0 Å². The van der Waals surface area contributed by atoms with Crippen molar-refractivity contribution in [1.82, 2.24) is 4.90 Å². The number of hydrogen-bond donors (Lipinski definition) is 1. The van der Waals surface area contributed by atoms with Crippen molar-refractivity contribution in [3.63, 3.8) is 0 Å². The summed E-state index contributed by atoms with van der Waals surface area (Å²) in [4.78, 5) is 25.1. The van der Waals surface area contributed by atoms with E-state index in [1.807, 2.05) is 13.8 Å². The predicted octanol–water partition coefficient (Wildman–Crippen LogP) is 2.77. The summed E-state index contributed by atoms with van der Waals surface area (Å²) in [5.74, 6) is -0.474. The number of carbonyl (C=O) groups is 2. The molecule has 1 N–H and O–H groups in total. The second-order valence-electron chi connectivity index (χ2n) is 6.26. The summed E-state index contributed by atoms with van der Waals surface area (Å²) in [5.41, 5.74) is 0. The number of piperidine rings is 1. The molecule has 0 radical (unpaired) electrons. The summed E-state index contributed by atoms with van der Waals surface area (Å²) in [5, 5.41) is 9.29. The second kappa shape index (κ2) is 6.92. The zero-order chi connectivity index (χ0) is 14.6. The highest BCUT2D eigenvalue weighted by Gasteiger charge is 2.41. The molecule has 1 aliphatic rings. The molecule has 4 heteroatoms. The number of carbonyl (C=O) groups excluding carboxylic acids is 1. The van der Waals surface area contributed by atoms with Crippen LogP contribution < -0.4 is 0 Å². The Morgan fingerprint density at radius 2 is 2.00 bits per heavy atom. The summed E-state index contributed by atoms with van der Waals surface area (Å²) >= 11 is 0. The van der Waals surface area contributed by atoms with Gasteiger partial charge < -0.3 is 10.0 Å². The molecule has 0 aromatic carbocycles. The Balaban J connectivity index is 2.55. The van der Waals surface area contributed by atoms with Crippen molar-refractivity contribution in [2.24, 2.45) is 17.8 Å². The van der Waals surface area contributed by atoms with E-state index in [0.29, 0.717) is 18.9 Å². The lowest BCUT2D eigenvalue weighted by atomic mass is 9.81. The number of carboxylic acids is 1. The van der Waals surface area contributed by atoms with E-state index < -0.39 is 11.9 Å². The number of unbranched alkanes of at least 4 members (excludes halogenated alkanes) is 1. The molecule has 0 aromatic heterocycles. The smallest absolute Gasteiger partial charge is 0.308 e. The first kappa shape index (κ1) is 16.0. The molecular formula is C15H27NO3. The van der Waals surface area contributed by atoms with Gasteiger partial charge in [0, 0.05) is 19.0 Å². The van der Waals surface area contributed by atoms with E-state index in [1.54, 1.807) is 4.90 Å². The molecular weight excluding hydrogens is 242 g/mol. The van der Waals surface area contributed by atoms with Gasteiger partial charge >= 0.3 is 5.97 Å². The molecule has 0 aromatic rings. The van der Waals surface area contributed by atoms with Gasteiger partial charge in [0.05, 0.1) is 5.92 Å². The Morgan fingerprint density at radius 1 is 1.37 bits per heavy atom. The van der Waals surface area contributed by atoms with Gasteiger partial charge in [0.2, 0.25) is 5.91 Å². The number of amides is 1. The van der Waals surface area contributed by atoms with Crippen LogP contribution in [0.25, 0.3) is 0 Å². The number of aliphatic carboxylic acids is 1. The molecule has 1 aliphatic heterocycles. The van der Waals surface area contributed by atoms with E-state index in [4.69, 9.17) is 0 Å². The molecule has 1 saturated heterocycles. The van der Waals surface area contributed by atoms with Crippen LogP contribution in [0.4, 0.5) is 0 Å². The fourth-order valence-electron chi connectivity index (χ4n) is 3.03. The first-order chi connectivity index (χ1) is 8.84. The lowest BCUT2D eigenvalue weighted by Crippen LogP contribution is -2.52. The number of likely N-dealkylation sites (tertiary alicyclic amines) is 1. The molecule has 19 heavy (non-hydrogen) atoms. The minimum Gasteiger partial charge on any atom is -0.481 e. The molecule has 3 atom stereocenters. The summed E-state index contributed by atoms with van der Waals surface area (Å²) in [6.45, 7) is 8.81.